The van der Waals surface area contributed by atoms with E-state index in [1.165, 1.54) is 6.42 Å². The van der Waals surface area contributed by atoms with Gasteiger partial charge in [-0.15, -0.1) is 0 Å². The normalized spacial score (nSPS) is 24.9. The van der Waals surface area contributed by atoms with Crippen LogP contribution in [0.5, 0.6) is 0 Å². The number of allylic oxidation sites excluding steroid dienone is 2. The lowest BCUT2D eigenvalue weighted by atomic mass is 9.85. The van der Waals surface area contributed by atoms with Crippen LogP contribution in [0.25, 0.3) is 0 Å². The Kier molecular flexibility index (Phi) is 8.35. The van der Waals surface area contributed by atoms with Crippen molar-refractivity contribution >= 4 is 0 Å². The van der Waals surface area contributed by atoms with Crippen LogP contribution in [0.15, 0.2) is 12.2 Å². The molecule has 0 aromatic rings. The highest BCUT2D eigenvalue weighted by molar-refractivity contribution is 4.93. The van der Waals surface area contributed by atoms with E-state index in [1.807, 2.05) is 0 Å². The van der Waals surface area contributed by atoms with Crippen molar-refractivity contribution in [1.82, 2.24) is 5.32 Å². The zero-order valence-corrected chi connectivity index (χ0v) is 13.0. The Hall–Kier alpha value is -0.380. The molecule has 0 spiro atoms. The van der Waals surface area contributed by atoms with E-state index >= 15 is 0 Å². The predicted molar refractivity (Wildman–Crippen MR) is 80.4 cm³/mol. The molecule has 0 aliphatic heterocycles. The Morgan fingerprint density at radius 3 is 2.58 bits per heavy atom. The Labute approximate surface area is 118 Å². The Morgan fingerprint density at radius 1 is 1.21 bits per heavy atom. The average molecular weight is 269 g/mol. The Bertz CT molecular complexity index is 253. The molecule has 3 atom stereocenters. The molecule has 1 rings (SSSR count). The van der Waals surface area contributed by atoms with Crippen molar-refractivity contribution in [3.63, 3.8) is 0 Å². The number of ether oxygens (including phenoxy) is 2. The van der Waals surface area contributed by atoms with Gasteiger partial charge in [0, 0.05) is 13.7 Å². The molecule has 0 aromatic heterocycles. The highest BCUT2D eigenvalue weighted by atomic mass is 16.5. The summed E-state index contributed by atoms with van der Waals surface area (Å²) in [6.07, 6.45) is 7.09. The molecule has 0 radical (unpaired) electrons. The van der Waals surface area contributed by atoms with Gasteiger partial charge < -0.3 is 14.8 Å². The third kappa shape index (κ3) is 7.09. The second-order valence-electron chi connectivity index (χ2n) is 6.14. The van der Waals surface area contributed by atoms with Gasteiger partial charge in [0.25, 0.3) is 0 Å². The zero-order chi connectivity index (χ0) is 14.1. The zero-order valence-electron chi connectivity index (χ0n) is 13.0. The molecule has 0 saturated heterocycles. The van der Waals surface area contributed by atoms with Crippen molar-refractivity contribution in [2.75, 3.05) is 33.4 Å². The molecule has 0 bridgehead atoms. The van der Waals surface area contributed by atoms with Crippen LogP contribution in [0.2, 0.25) is 0 Å². The summed E-state index contributed by atoms with van der Waals surface area (Å²) in [5, 5.41) is 3.45. The molecule has 0 saturated carbocycles. The van der Waals surface area contributed by atoms with Crippen LogP contribution in [0.4, 0.5) is 0 Å². The summed E-state index contributed by atoms with van der Waals surface area (Å²) in [5.41, 5.74) is 0. The van der Waals surface area contributed by atoms with Crippen molar-refractivity contribution in [2.24, 2.45) is 17.8 Å². The number of methoxy groups -OCH3 is 1. The van der Waals surface area contributed by atoms with E-state index in [9.17, 15) is 0 Å². The Balaban J connectivity index is 2.26. The second kappa shape index (κ2) is 9.51. The van der Waals surface area contributed by atoms with Crippen molar-refractivity contribution in [3.05, 3.63) is 12.2 Å². The highest BCUT2D eigenvalue weighted by Gasteiger charge is 2.20. The summed E-state index contributed by atoms with van der Waals surface area (Å²) in [6.45, 7) is 10.2. The Morgan fingerprint density at radius 2 is 1.95 bits per heavy atom. The SMILES string of the molecule is COCC(CNCC(C)C)OCC1CC=CCC1C. The lowest BCUT2D eigenvalue weighted by molar-refractivity contribution is -0.0236. The van der Waals surface area contributed by atoms with Gasteiger partial charge in [-0.25, -0.2) is 0 Å². The summed E-state index contributed by atoms with van der Waals surface area (Å²) in [4.78, 5) is 0. The van der Waals surface area contributed by atoms with Crippen LogP contribution in [-0.2, 0) is 9.47 Å². The fourth-order valence-electron chi connectivity index (χ4n) is 2.38. The third-order valence-corrected chi connectivity index (χ3v) is 3.74. The first-order chi connectivity index (χ1) is 9.13. The smallest absolute Gasteiger partial charge is 0.0932 e. The maximum Gasteiger partial charge on any atom is 0.0932 e. The summed E-state index contributed by atoms with van der Waals surface area (Å²) in [5.74, 6) is 2.07. The molecular formula is C16H31NO2. The molecule has 3 unspecified atom stereocenters. The maximum absolute atomic E-state index is 6.05. The van der Waals surface area contributed by atoms with Crippen LogP contribution in [0.3, 0.4) is 0 Å². The van der Waals surface area contributed by atoms with Gasteiger partial charge in [-0.2, -0.15) is 0 Å². The first-order valence-electron chi connectivity index (χ1n) is 7.59. The number of hydrogen-bond acceptors (Lipinski definition) is 3. The van der Waals surface area contributed by atoms with Crippen LogP contribution in [0.1, 0.15) is 33.6 Å². The molecule has 0 amide bonds. The van der Waals surface area contributed by atoms with Gasteiger partial charge in [-0.1, -0.05) is 32.9 Å². The minimum Gasteiger partial charge on any atom is -0.382 e. The summed E-state index contributed by atoms with van der Waals surface area (Å²) >= 11 is 0. The van der Waals surface area contributed by atoms with E-state index in [2.05, 4.69) is 38.2 Å². The maximum atomic E-state index is 6.05. The topological polar surface area (TPSA) is 30.5 Å². The first kappa shape index (κ1) is 16.7. The number of rotatable bonds is 9. The van der Waals surface area contributed by atoms with Gasteiger partial charge >= 0.3 is 0 Å². The quantitative estimate of drug-likeness (QED) is 0.653. The van der Waals surface area contributed by atoms with Gasteiger partial charge in [0.2, 0.25) is 0 Å². The van der Waals surface area contributed by atoms with Gasteiger partial charge in [-0.05, 0) is 37.1 Å². The largest absolute Gasteiger partial charge is 0.382 e. The molecule has 0 fully saturated rings. The minimum atomic E-state index is 0.168. The molecule has 0 heterocycles. The van der Waals surface area contributed by atoms with Crippen molar-refractivity contribution < 1.29 is 9.47 Å². The lowest BCUT2D eigenvalue weighted by Gasteiger charge is -2.27. The van der Waals surface area contributed by atoms with E-state index < -0.39 is 0 Å². The van der Waals surface area contributed by atoms with Crippen LogP contribution >= 0.6 is 0 Å². The third-order valence-electron chi connectivity index (χ3n) is 3.74. The van der Waals surface area contributed by atoms with Crippen molar-refractivity contribution in [1.29, 1.82) is 0 Å². The van der Waals surface area contributed by atoms with Gasteiger partial charge in [0.05, 0.1) is 19.3 Å². The van der Waals surface area contributed by atoms with Crippen LogP contribution in [0, 0.1) is 17.8 Å². The van der Waals surface area contributed by atoms with E-state index in [-0.39, 0.29) is 6.10 Å². The van der Waals surface area contributed by atoms with E-state index in [4.69, 9.17) is 9.47 Å². The second-order valence-corrected chi connectivity index (χ2v) is 6.14. The fraction of sp³-hybridized carbons (Fsp3) is 0.875. The number of hydrogen-bond donors (Lipinski definition) is 1. The lowest BCUT2D eigenvalue weighted by Crippen LogP contribution is -2.36. The van der Waals surface area contributed by atoms with Crippen LogP contribution in [-0.4, -0.2) is 39.5 Å². The average Bonchev–Trinajstić information content (AvgIpc) is 2.37. The van der Waals surface area contributed by atoms with E-state index in [0.29, 0.717) is 18.4 Å². The monoisotopic (exact) mass is 269 g/mol. The summed E-state index contributed by atoms with van der Waals surface area (Å²) in [7, 11) is 1.74. The van der Waals surface area contributed by atoms with Crippen molar-refractivity contribution in [2.45, 2.75) is 39.7 Å². The molecule has 3 heteroatoms. The minimum absolute atomic E-state index is 0.168. The molecule has 1 N–H and O–H groups in total. The molecule has 1 aliphatic carbocycles. The molecule has 1 aliphatic rings. The first-order valence-corrected chi connectivity index (χ1v) is 7.59. The summed E-state index contributed by atoms with van der Waals surface area (Å²) in [6, 6.07) is 0. The molecule has 19 heavy (non-hydrogen) atoms. The van der Waals surface area contributed by atoms with E-state index in [1.54, 1.807) is 7.11 Å². The molecule has 112 valence electrons. The standard InChI is InChI=1S/C16H31NO2/c1-13(2)9-17-10-16(12-18-4)19-11-15-8-6-5-7-14(15)3/h5-6,13-17H,7-12H2,1-4H3. The van der Waals surface area contributed by atoms with Gasteiger partial charge in [-0.3, -0.25) is 0 Å². The molecule has 3 nitrogen and oxygen atoms in total. The highest BCUT2D eigenvalue weighted by Crippen LogP contribution is 2.25. The predicted octanol–water partition coefficient (Wildman–Crippen LogP) is 2.87. The summed E-state index contributed by atoms with van der Waals surface area (Å²) < 4.78 is 11.3. The number of nitrogens with one attached hydrogen (secondary N) is 1. The van der Waals surface area contributed by atoms with E-state index in [0.717, 1.165) is 32.0 Å². The van der Waals surface area contributed by atoms with Gasteiger partial charge in [0.1, 0.15) is 0 Å². The van der Waals surface area contributed by atoms with Crippen LogP contribution < -0.4 is 5.32 Å². The van der Waals surface area contributed by atoms with Crippen molar-refractivity contribution in [3.8, 4) is 0 Å². The fourth-order valence-corrected chi connectivity index (χ4v) is 2.38. The van der Waals surface area contributed by atoms with Gasteiger partial charge in [0.15, 0.2) is 0 Å². The molecule has 0 aromatic carbocycles. The molecular weight excluding hydrogens is 238 g/mol.